The Balaban J connectivity index is 1.44. The van der Waals surface area contributed by atoms with Gasteiger partial charge in [-0.15, -0.1) is 0 Å². The first kappa shape index (κ1) is 28.4. The molecule has 0 radical (unpaired) electrons. The topological polar surface area (TPSA) is 82.9 Å². The number of hydrogen-bond donors (Lipinski definition) is 0. The summed E-state index contributed by atoms with van der Waals surface area (Å²) in [7, 11) is 1.26. The molecule has 224 valence electrons. The van der Waals surface area contributed by atoms with Crippen LogP contribution in [0, 0.1) is 11.6 Å². The van der Waals surface area contributed by atoms with Gasteiger partial charge in [-0.25, -0.2) is 13.8 Å². The average Bonchev–Trinajstić information content (AvgIpc) is 3.68. The molecule has 0 saturated heterocycles. The second-order valence-corrected chi connectivity index (χ2v) is 10.2. The quantitative estimate of drug-likeness (QED) is 0.201. The van der Waals surface area contributed by atoms with E-state index in [2.05, 4.69) is 4.98 Å². The summed E-state index contributed by atoms with van der Waals surface area (Å²) in [4.78, 5) is 29.7. The number of imidazole rings is 1. The minimum atomic E-state index is -5.22. The molecule has 8 nitrogen and oxygen atoms in total. The number of amides is 1. The lowest BCUT2D eigenvalue weighted by molar-refractivity contribution is -0.171. The zero-order valence-electron chi connectivity index (χ0n) is 22.9. The van der Waals surface area contributed by atoms with Crippen LogP contribution in [-0.2, 0) is 20.7 Å². The third-order valence-corrected chi connectivity index (χ3v) is 7.66. The van der Waals surface area contributed by atoms with Crippen LogP contribution in [0.15, 0.2) is 48.5 Å². The standard InChI is InChI=1S/C30H24F5N3O5/c1-3-26-36-21-11-19(31)20(32)12-23(21)38(26)22-6-4-5-18-24(14-43-28(18)22)37(29(40)30(33,34)35)16-7-8-17-15(9-27(39)41-2)13-42-25(17)10-16/h4-8,10-12,15,24H,3,9,13-14H2,1-2H3/t15-,24-/m1/s1. The monoisotopic (exact) mass is 601 g/mol. The van der Waals surface area contributed by atoms with Crippen LogP contribution in [0.5, 0.6) is 11.5 Å². The highest BCUT2D eigenvalue weighted by molar-refractivity contribution is 5.98. The van der Waals surface area contributed by atoms with Crippen LogP contribution in [0.25, 0.3) is 16.7 Å². The number of rotatable bonds is 6. The number of halogens is 5. The molecule has 2 aliphatic heterocycles. The van der Waals surface area contributed by atoms with Gasteiger partial charge in [0.15, 0.2) is 11.6 Å². The maximum absolute atomic E-state index is 14.3. The third kappa shape index (κ3) is 4.82. The zero-order valence-corrected chi connectivity index (χ0v) is 22.9. The lowest BCUT2D eigenvalue weighted by Crippen LogP contribution is -2.44. The van der Waals surface area contributed by atoms with Crippen molar-refractivity contribution >= 4 is 28.6 Å². The second-order valence-electron chi connectivity index (χ2n) is 10.2. The molecule has 3 heterocycles. The van der Waals surface area contributed by atoms with Gasteiger partial charge >= 0.3 is 18.1 Å². The van der Waals surface area contributed by atoms with E-state index in [-0.39, 0.29) is 59.3 Å². The van der Waals surface area contributed by atoms with Crippen LogP contribution >= 0.6 is 0 Å². The van der Waals surface area contributed by atoms with E-state index in [1.165, 1.54) is 25.3 Å². The molecule has 0 N–H and O–H groups in total. The highest BCUT2D eigenvalue weighted by Gasteiger charge is 2.48. The van der Waals surface area contributed by atoms with Gasteiger partial charge in [-0.1, -0.05) is 25.1 Å². The van der Waals surface area contributed by atoms with E-state index in [0.29, 0.717) is 28.4 Å². The zero-order chi connectivity index (χ0) is 30.6. The number of aryl methyl sites for hydroxylation is 1. The number of esters is 1. The van der Waals surface area contributed by atoms with Crippen molar-refractivity contribution in [1.29, 1.82) is 0 Å². The molecule has 0 spiro atoms. The first-order valence-electron chi connectivity index (χ1n) is 13.4. The van der Waals surface area contributed by atoms with Gasteiger partial charge in [0, 0.05) is 47.4 Å². The Morgan fingerprint density at radius 1 is 1.05 bits per heavy atom. The number of hydrogen-bond acceptors (Lipinski definition) is 6. The number of para-hydroxylation sites is 1. The summed E-state index contributed by atoms with van der Waals surface area (Å²) in [5.74, 6) is -4.18. The normalized spacial score (nSPS) is 17.3. The Kier molecular flexibility index (Phi) is 6.98. The van der Waals surface area contributed by atoms with Gasteiger partial charge in [-0.2, -0.15) is 13.2 Å². The lowest BCUT2D eigenvalue weighted by atomic mass is 9.97. The summed E-state index contributed by atoms with van der Waals surface area (Å²) in [6.07, 6.45) is -4.82. The lowest BCUT2D eigenvalue weighted by Gasteiger charge is -2.29. The molecule has 4 aromatic rings. The summed E-state index contributed by atoms with van der Waals surface area (Å²) >= 11 is 0. The van der Waals surface area contributed by atoms with Gasteiger partial charge in [0.2, 0.25) is 0 Å². The van der Waals surface area contributed by atoms with Gasteiger partial charge in [-0.3, -0.25) is 19.1 Å². The van der Waals surface area contributed by atoms with Crippen LogP contribution in [0.3, 0.4) is 0 Å². The van der Waals surface area contributed by atoms with Crippen molar-refractivity contribution in [3.63, 3.8) is 0 Å². The van der Waals surface area contributed by atoms with Crippen molar-refractivity contribution in [3.8, 4) is 17.2 Å². The van der Waals surface area contributed by atoms with E-state index in [0.717, 1.165) is 12.1 Å². The summed E-state index contributed by atoms with van der Waals surface area (Å²) in [5, 5.41) is 0. The van der Waals surface area contributed by atoms with Crippen LogP contribution in [0.1, 0.15) is 42.3 Å². The number of benzene rings is 3. The van der Waals surface area contributed by atoms with Gasteiger partial charge in [-0.05, 0) is 12.1 Å². The van der Waals surface area contributed by atoms with Gasteiger partial charge in [0.1, 0.15) is 23.9 Å². The van der Waals surface area contributed by atoms with E-state index in [1.807, 2.05) is 0 Å². The van der Waals surface area contributed by atoms with Crippen molar-refractivity contribution in [2.24, 2.45) is 0 Å². The van der Waals surface area contributed by atoms with Crippen molar-refractivity contribution < 1.29 is 45.8 Å². The Labute approximate surface area is 241 Å². The average molecular weight is 602 g/mol. The molecule has 13 heteroatoms. The molecular formula is C30H24F5N3O5. The Bertz CT molecular complexity index is 1770. The molecule has 0 unspecified atom stereocenters. The first-order valence-corrected chi connectivity index (χ1v) is 13.4. The molecule has 0 aliphatic carbocycles. The van der Waals surface area contributed by atoms with E-state index < -0.39 is 35.7 Å². The van der Waals surface area contributed by atoms with Crippen LogP contribution in [0.2, 0.25) is 0 Å². The first-order chi connectivity index (χ1) is 20.5. The summed E-state index contributed by atoms with van der Waals surface area (Å²) in [6, 6.07) is 9.80. The molecule has 0 bridgehead atoms. The summed E-state index contributed by atoms with van der Waals surface area (Å²) in [6.45, 7) is 1.61. The minimum absolute atomic E-state index is 0.0277. The summed E-state index contributed by atoms with van der Waals surface area (Å²) < 4.78 is 88.1. The number of fused-ring (bicyclic) bond motifs is 3. The number of nitrogens with zero attached hydrogens (tertiary/aromatic N) is 3. The number of aromatic nitrogens is 2. The maximum Gasteiger partial charge on any atom is 0.471 e. The highest BCUT2D eigenvalue weighted by atomic mass is 19.4. The number of carbonyl (C=O) groups is 2. The van der Waals surface area contributed by atoms with Gasteiger partial charge in [0.05, 0.1) is 42.9 Å². The second kappa shape index (κ2) is 10.5. The van der Waals surface area contributed by atoms with Gasteiger partial charge in [0.25, 0.3) is 0 Å². The molecule has 2 aliphatic rings. The van der Waals surface area contributed by atoms with E-state index in [9.17, 15) is 31.5 Å². The van der Waals surface area contributed by atoms with Crippen LogP contribution in [0.4, 0.5) is 27.6 Å². The Morgan fingerprint density at radius 2 is 1.81 bits per heavy atom. The molecule has 0 fully saturated rings. The van der Waals surface area contributed by atoms with Crippen molar-refractivity contribution in [3.05, 3.63) is 77.1 Å². The molecule has 0 saturated carbocycles. The largest absolute Gasteiger partial charge is 0.493 e. The molecule has 3 aromatic carbocycles. The Morgan fingerprint density at radius 3 is 2.53 bits per heavy atom. The van der Waals surface area contributed by atoms with Crippen LogP contribution in [-0.4, -0.2) is 47.9 Å². The number of methoxy groups -OCH3 is 1. The minimum Gasteiger partial charge on any atom is -0.493 e. The molecule has 1 aromatic heterocycles. The predicted octanol–water partition coefficient (Wildman–Crippen LogP) is 5.93. The predicted molar refractivity (Wildman–Crippen MR) is 143 cm³/mol. The van der Waals surface area contributed by atoms with E-state index in [4.69, 9.17) is 14.2 Å². The summed E-state index contributed by atoms with van der Waals surface area (Å²) in [5.41, 5.74) is 1.62. The SMILES string of the molecule is CCc1nc2cc(F)c(F)cc2n1-c1cccc2c1OC[C@H]2N(C(=O)C(F)(F)F)c1ccc2c(c1)OC[C@H]2CC(=O)OC. The molecule has 43 heavy (non-hydrogen) atoms. The number of carbonyl (C=O) groups excluding carboxylic acids is 2. The van der Waals surface area contributed by atoms with E-state index >= 15 is 0 Å². The van der Waals surface area contributed by atoms with Crippen molar-refractivity contribution in [2.45, 2.75) is 37.9 Å². The third-order valence-electron chi connectivity index (χ3n) is 7.66. The van der Waals surface area contributed by atoms with E-state index in [1.54, 1.807) is 29.7 Å². The fraction of sp³-hybridized carbons (Fsp3) is 0.300. The fourth-order valence-electron chi connectivity index (χ4n) is 5.68. The number of alkyl halides is 3. The molecular weight excluding hydrogens is 577 g/mol. The maximum atomic E-state index is 14.3. The van der Waals surface area contributed by atoms with Crippen LogP contribution < -0.4 is 14.4 Å². The molecule has 6 rings (SSSR count). The highest BCUT2D eigenvalue weighted by Crippen LogP contribution is 2.46. The number of anilines is 1. The smallest absolute Gasteiger partial charge is 0.471 e. The van der Waals surface area contributed by atoms with Crippen molar-refractivity contribution in [1.82, 2.24) is 9.55 Å². The fourth-order valence-corrected chi connectivity index (χ4v) is 5.68. The van der Waals surface area contributed by atoms with Crippen molar-refractivity contribution in [2.75, 3.05) is 25.2 Å². The van der Waals surface area contributed by atoms with Gasteiger partial charge < -0.3 is 14.2 Å². The molecule has 1 amide bonds. The Hall–Kier alpha value is -4.68. The molecule has 2 atom stereocenters. The number of ether oxygens (including phenoxy) is 3.